The Morgan fingerprint density at radius 1 is 1.30 bits per heavy atom. The molecule has 1 N–H and O–H groups in total. The molecule has 0 bridgehead atoms. The van der Waals surface area contributed by atoms with Crippen molar-refractivity contribution in [2.45, 2.75) is 32.2 Å². The number of nitrogens with zero attached hydrogens (tertiary/aromatic N) is 1. The Bertz CT molecular complexity index is 575. The molecule has 1 heterocycles. The molecule has 5 nitrogen and oxygen atoms in total. The van der Waals surface area contributed by atoms with Crippen LogP contribution in [0, 0.1) is 5.92 Å². The summed E-state index contributed by atoms with van der Waals surface area (Å²) in [5, 5.41) is 9.23. The number of thioether (sulfide) groups is 1. The molecule has 0 aliphatic carbocycles. The normalized spacial score (nSPS) is 18.7. The van der Waals surface area contributed by atoms with E-state index in [1.54, 1.807) is 0 Å². The second-order valence-electron chi connectivity index (χ2n) is 5.72. The SMILES string of the molecule is CC(=O)SCC(Cc1ccccc1)C(=O)N1CCC[C@@H]1C(=O)O. The third kappa shape index (κ3) is 4.82. The van der Waals surface area contributed by atoms with E-state index in [-0.39, 0.29) is 16.9 Å². The Morgan fingerprint density at radius 2 is 2.00 bits per heavy atom. The van der Waals surface area contributed by atoms with Crippen LogP contribution >= 0.6 is 11.8 Å². The van der Waals surface area contributed by atoms with E-state index in [9.17, 15) is 19.5 Å². The van der Waals surface area contributed by atoms with Crippen LogP contribution < -0.4 is 0 Å². The number of carbonyl (C=O) groups excluding carboxylic acids is 2. The van der Waals surface area contributed by atoms with Crippen molar-refractivity contribution in [3.63, 3.8) is 0 Å². The van der Waals surface area contributed by atoms with Gasteiger partial charge in [-0.1, -0.05) is 42.1 Å². The number of hydrogen-bond donors (Lipinski definition) is 1. The third-order valence-electron chi connectivity index (χ3n) is 3.98. The van der Waals surface area contributed by atoms with Gasteiger partial charge in [-0.05, 0) is 24.8 Å². The van der Waals surface area contributed by atoms with Crippen LogP contribution in [0.15, 0.2) is 30.3 Å². The second kappa shape index (κ2) is 8.15. The van der Waals surface area contributed by atoms with E-state index in [4.69, 9.17) is 0 Å². The Morgan fingerprint density at radius 3 is 2.61 bits per heavy atom. The zero-order chi connectivity index (χ0) is 16.8. The van der Waals surface area contributed by atoms with Crippen LogP contribution in [0.25, 0.3) is 0 Å². The van der Waals surface area contributed by atoms with Crippen LogP contribution in [-0.4, -0.2) is 45.3 Å². The van der Waals surface area contributed by atoms with E-state index in [1.165, 1.54) is 11.8 Å². The number of carboxylic acids is 1. The minimum absolute atomic E-state index is 0.0351. The summed E-state index contributed by atoms with van der Waals surface area (Å²) >= 11 is 1.12. The summed E-state index contributed by atoms with van der Waals surface area (Å²) in [6.45, 7) is 1.95. The standard InChI is InChI=1S/C17H21NO4S/c1-12(19)23-11-14(10-13-6-3-2-4-7-13)16(20)18-9-5-8-15(18)17(21)22/h2-4,6-7,14-15H,5,8-11H2,1H3,(H,21,22)/t14?,15-/m1/s1. The molecule has 1 unspecified atom stereocenters. The molecule has 6 heteroatoms. The molecular formula is C17H21NO4S. The molecule has 124 valence electrons. The molecule has 0 aromatic heterocycles. The highest BCUT2D eigenvalue weighted by atomic mass is 32.2. The van der Waals surface area contributed by atoms with Crippen LogP contribution in [0.1, 0.15) is 25.3 Å². The maximum atomic E-state index is 12.8. The maximum Gasteiger partial charge on any atom is 0.326 e. The minimum Gasteiger partial charge on any atom is -0.480 e. The van der Waals surface area contributed by atoms with Crippen LogP contribution in [0.3, 0.4) is 0 Å². The molecule has 1 aromatic carbocycles. The van der Waals surface area contributed by atoms with Crippen molar-refractivity contribution >= 4 is 28.8 Å². The topological polar surface area (TPSA) is 74.7 Å². The Hall–Kier alpha value is -1.82. The summed E-state index contributed by atoms with van der Waals surface area (Å²) in [6, 6.07) is 8.87. The maximum absolute atomic E-state index is 12.8. The summed E-state index contributed by atoms with van der Waals surface area (Å²) in [5.41, 5.74) is 1.01. The van der Waals surface area contributed by atoms with E-state index in [1.807, 2.05) is 30.3 Å². The van der Waals surface area contributed by atoms with Gasteiger partial charge in [-0.2, -0.15) is 0 Å². The van der Waals surface area contributed by atoms with Gasteiger partial charge in [0.25, 0.3) is 0 Å². The molecule has 0 radical (unpaired) electrons. The largest absolute Gasteiger partial charge is 0.480 e. The lowest BCUT2D eigenvalue weighted by Crippen LogP contribution is -2.44. The van der Waals surface area contributed by atoms with Gasteiger partial charge in [0.15, 0.2) is 5.12 Å². The minimum atomic E-state index is -0.950. The first-order chi connectivity index (χ1) is 11.0. The predicted molar refractivity (Wildman–Crippen MR) is 89.1 cm³/mol. The number of rotatable bonds is 6. The number of hydrogen-bond acceptors (Lipinski definition) is 4. The smallest absolute Gasteiger partial charge is 0.326 e. The average molecular weight is 335 g/mol. The lowest BCUT2D eigenvalue weighted by Gasteiger charge is -2.26. The summed E-state index contributed by atoms with van der Waals surface area (Å²) < 4.78 is 0. The number of amides is 1. The number of likely N-dealkylation sites (tertiary alicyclic amines) is 1. The third-order valence-corrected chi connectivity index (χ3v) is 4.96. The quantitative estimate of drug-likeness (QED) is 0.862. The van der Waals surface area contributed by atoms with E-state index in [0.29, 0.717) is 31.6 Å². The van der Waals surface area contributed by atoms with Gasteiger partial charge < -0.3 is 10.0 Å². The van der Waals surface area contributed by atoms with Crippen LogP contribution in [-0.2, 0) is 20.8 Å². The molecule has 2 rings (SSSR count). The fourth-order valence-corrected chi connectivity index (χ4v) is 3.55. The van der Waals surface area contributed by atoms with Crippen LogP contribution in [0.2, 0.25) is 0 Å². The van der Waals surface area contributed by atoms with E-state index in [0.717, 1.165) is 17.3 Å². The summed E-state index contributed by atoms with van der Waals surface area (Å²) in [6.07, 6.45) is 1.72. The zero-order valence-electron chi connectivity index (χ0n) is 13.1. The molecule has 1 aliphatic heterocycles. The van der Waals surface area contributed by atoms with E-state index in [2.05, 4.69) is 0 Å². The highest BCUT2D eigenvalue weighted by Gasteiger charge is 2.37. The first kappa shape index (κ1) is 17.5. The number of benzene rings is 1. The van der Waals surface area contributed by atoms with Crippen molar-refractivity contribution in [3.05, 3.63) is 35.9 Å². The van der Waals surface area contributed by atoms with Gasteiger partial charge in [0.1, 0.15) is 6.04 Å². The first-order valence-corrected chi connectivity index (χ1v) is 8.68. The Labute approximate surface area is 140 Å². The van der Waals surface area contributed by atoms with E-state index < -0.39 is 12.0 Å². The number of carbonyl (C=O) groups is 3. The van der Waals surface area contributed by atoms with Crippen molar-refractivity contribution in [3.8, 4) is 0 Å². The van der Waals surface area contributed by atoms with Crippen molar-refractivity contribution < 1.29 is 19.5 Å². The van der Waals surface area contributed by atoms with Crippen LogP contribution in [0.5, 0.6) is 0 Å². The molecule has 1 saturated heterocycles. The Kier molecular flexibility index (Phi) is 6.21. The van der Waals surface area contributed by atoms with Crippen molar-refractivity contribution in [1.82, 2.24) is 4.90 Å². The second-order valence-corrected chi connectivity index (χ2v) is 6.91. The molecule has 1 aromatic rings. The van der Waals surface area contributed by atoms with Gasteiger partial charge in [-0.3, -0.25) is 9.59 Å². The van der Waals surface area contributed by atoms with Gasteiger partial charge in [0.05, 0.1) is 5.92 Å². The molecular weight excluding hydrogens is 314 g/mol. The lowest BCUT2D eigenvalue weighted by atomic mass is 9.99. The summed E-state index contributed by atoms with van der Waals surface area (Å²) in [4.78, 5) is 36.9. The molecule has 1 amide bonds. The van der Waals surface area contributed by atoms with Gasteiger partial charge in [0.2, 0.25) is 5.91 Å². The number of aliphatic carboxylic acids is 1. The molecule has 2 atom stereocenters. The highest BCUT2D eigenvalue weighted by Crippen LogP contribution is 2.24. The average Bonchev–Trinajstić information content (AvgIpc) is 3.01. The predicted octanol–water partition coefficient (Wildman–Crippen LogP) is 2.20. The molecule has 1 fully saturated rings. The molecule has 0 spiro atoms. The zero-order valence-corrected chi connectivity index (χ0v) is 13.9. The van der Waals surface area contributed by atoms with Crippen molar-refractivity contribution in [2.24, 2.45) is 5.92 Å². The van der Waals surface area contributed by atoms with Gasteiger partial charge in [-0.25, -0.2) is 4.79 Å². The van der Waals surface area contributed by atoms with Crippen LogP contribution in [0.4, 0.5) is 0 Å². The fourth-order valence-electron chi connectivity index (χ4n) is 2.86. The van der Waals surface area contributed by atoms with Crippen molar-refractivity contribution in [1.29, 1.82) is 0 Å². The van der Waals surface area contributed by atoms with E-state index >= 15 is 0 Å². The summed E-state index contributed by atoms with van der Waals surface area (Å²) in [7, 11) is 0. The molecule has 1 aliphatic rings. The monoisotopic (exact) mass is 335 g/mol. The lowest BCUT2D eigenvalue weighted by molar-refractivity contribution is -0.149. The van der Waals surface area contributed by atoms with Gasteiger partial charge >= 0.3 is 5.97 Å². The first-order valence-electron chi connectivity index (χ1n) is 7.69. The van der Waals surface area contributed by atoms with Gasteiger partial charge in [0, 0.05) is 19.2 Å². The van der Waals surface area contributed by atoms with Crippen molar-refractivity contribution in [2.75, 3.05) is 12.3 Å². The summed E-state index contributed by atoms with van der Waals surface area (Å²) in [5.74, 6) is -1.11. The fraction of sp³-hybridized carbons (Fsp3) is 0.471. The van der Waals surface area contributed by atoms with Gasteiger partial charge in [-0.15, -0.1) is 0 Å². The Balaban J connectivity index is 2.13. The molecule has 23 heavy (non-hydrogen) atoms. The highest BCUT2D eigenvalue weighted by molar-refractivity contribution is 8.13. The number of carboxylic acid groups (broad SMARTS) is 1. The molecule has 0 saturated carbocycles.